The van der Waals surface area contributed by atoms with Gasteiger partial charge in [0.25, 0.3) is 0 Å². The van der Waals surface area contributed by atoms with E-state index in [-0.39, 0.29) is 29.7 Å². The molecule has 0 unspecified atom stereocenters. The molecular weight excluding hydrogens is 437 g/mol. The van der Waals surface area contributed by atoms with E-state index < -0.39 is 9.84 Å². The number of nitrogens with zero attached hydrogens (tertiary/aromatic N) is 1. The summed E-state index contributed by atoms with van der Waals surface area (Å²) in [6.45, 7) is 8.72. The van der Waals surface area contributed by atoms with Crippen molar-refractivity contribution in [3.05, 3.63) is 35.4 Å². The maximum absolute atomic E-state index is 11.3. The molecule has 5 nitrogen and oxygen atoms in total. The highest BCUT2D eigenvalue weighted by molar-refractivity contribution is 14.0. The molecule has 0 spiro atoms. The molecule has 0 aliphatic rings. The zero-order valence-electron chi connectivity index (χ0n) is 15.0. The van der Waals surface area contributed by atoms with Gasteiger partial charge in [-0.2, -0.15) is 0 Å². The summed E-state index contributed by atoms with van der Waals surface area (Å²) in [5.41, 5.74) is 1.87. The summed E-state index contributed by atoms with van der Waals surface area (Å²) in [6.07, 6.45) is 2.35. The minimum absolute atomic E-state index is 0. The van der Waals surface area contributed by atoms with Gasteiger partial charge in [-0.05, 0) is 30.4 Å². The second kappa shape index (κ2) is 11.7. The van der Waals surface area contributed by atoms with Crippen LogP contribution in [0.25, 0.3) is 0 Å². The number of nitrogens with one attached hydrogen (secondary N) is 2. The molecule has 1 aromatic rings. The van der Waals surface area contributed by atoms with Crippen LogP contribution in [0.5, 0.6) is 0 Å². The molecule has 0 heterocycles. The van der Waals surface area contributed by atoms with Crippen molar-refractivity contribution in [3.63, 3.8) is 0 Å². The van der Waals surface area contributed by atoms with Gasteiger partial charge in [-0.15, -0.1) is 24.0 Å². The van der Waals surface area contributed by atoms with Crippen molar-refractivity contribution in [2.45, 2.75) is 39.5 Å². The van der Waals surface area contributed by atoms with E-state index in [0.717, 1.165) is 36.6 Å². The average Bonchev–Trinajstić information content (AvgIpc) is 2.44. The number of halogens is 1. The number of guanidine groups is 1. The van der Waals surface area contributed by atoms with Gasteiger partial charge >= 0.3 is 0 Å². The maximum atomic E-state index is 11.3. The summed E-state index contributed by atoms with van der Waals surface area (Å²) >= 11 is 0. The van der Waals surface area contributed by atoms with Crippen LogP contribution in [0, 0.1) is 5.92 Å². The number of rotatable bonds is 8. The van der Waals surface area contributed by atoms with Gasteiger partial charge in [-0.1, -0.05) is 38.1 Å². The van der Waals surface area contributed by atoms with Gasteiger partial charge in [-0.25, -0.2) is 13.4 Å². The molecule has 0 aromatic heterocycles. The number of sulfone groups is 1. The van der Waals surface area contributed by atoms with E-state index in [9.17, 15) is 8.42 Å². The largest absolute Gasteiger partial charge is 0.357 e. The van der Waals surface area contributed by atoms with E-state index in [4.69, 9.17) is 0 Å². The Morgan fingerprint density at radius 3 is 2.21 bits per heavy atom. The first-order chi connectivity index (χ1) is 10.8. The van der Waals surface area contributed by atoms with Gasteiger partial charge < -0.3 is 10.6 Å². The Kier molecular flexibility index (Phi) is 11.3. The molecule has 0 radical (unpaired) electrons. The molecule has 1 rings (SSSR count). The lowest BCUT2D eigenvalue weighted by atomic mass is 10.1. The lowest BCUT2D eigenvalue weighted by molar-refractivity contribution is 0.573. The van der Waals surface area contributed by atoms with Gasteiger partial charge in [0.2, 0.25) is 0 Å². The van der Waals surface area contributed by atoms with Crippen LogP contribution in [0.1, 0.15) is 38.3 Å². The van der Waals surface area contributed by atoms with E-state index in [1.165, 1.54) is 6.26 Å². The molecule has 0 aliphatic heterocycles. The summed E-state index contributed by atoms with van der Waals surface area (Å²) in [6, 6.07) is 7.57. The highest BCUT2D eigenvalue weighted by Gasteiger charge is 2.04. The lowest BCUT2D eigenvalue weighted by Crippen LogP contribution is -2.38. The quantitative estimate of drug-likeness (QED) is 0.351. The fraction of sp³-hybridized carbons (Fsp3) is 0.588. The van der Waals surface area contributed by atoms with Crippen molar-refractivity contribution in [2.24, 2.45) is 10.9 Å². The third-order valence-corrected chi connectivity index (χ3v) is 4.09. The molecule has 2 N–H and O–H groups in total. The predicted octanol–water partition coefficient (Wildman–Crippen LogP) is 2.95. The molecule has 0 aliphatic carbocycles. The van der Waals surface area contributed by atoms with Crippen molar-refractivity contribution in [3.8, 4) is 0 Å². The molecular formula is C17H30IN3O2S. The van der Waals surface area contributed by atoms with Crippen LogP contribution >= 0.6 is 24.0 Å². The fourth-order valence-electron chi connectivity index (χ4n) is 2.03. The fourth-order valence-corrected chi connectivity index (χ4v) is 2.83. The second-order valence-corrected chi connectivity index (χ2v) is 8.33. The minimum Gasteiger partial charge on any atom is -0.357 e. The lowest BCUT2D eigenvalue weighted by Gasteiger charge is -2.12. The van der Waals surface area contributed by atoms with E-state index in [2.05, 4.69) is 29.5 Å². The van der Waals surface area contributed by atoms with Gasteiger partial charge in [0.15, 0.2) is 15.8 Å². The van der Waals surface area contributed by atoms with Crippen LogP contribution in [-0.4, -0.2) is 33.7 Å². The van der Waals surface area contributed by atoms with Crippen molar-refractivity contribution >= 4 is 39.8 Å². The Labute approximate surface area is 163 Å². The summed E-state index contributed by atoms with van der Waals surface area (Å²) in [5, 5.41) is 6.55. The smallest absolute Gasteiger partial charge is 0.191 e. The van der Waals surface area contributed by atoms with Gasteiger partial charge in [-0.3, -0.25) is 0 Å². The zero-order valence-corrected chi connectivity index (χ0v) is 18.1. The third kappa shape index (κ3) is 10.9. The van der Waals surface area contributed by atoms with E-state index in [0.29, 0.717) is 12.5 Å². The van der Waals surface area contributed by atoms with Crippen LogP contribution in [0.15, 0.2) is 29.3 Å². The average molecular weight is 467 g/mol. The van der Waals surface area contributed by atoms with Crippen molar-refractivity contribution in [2.75, 3.05) is 19.3 Å². The Bertz CT molecular complexity index is 599. The first-order valence-corrected chi connectivity index (χ1v) is 10.1. The van der Waals surface area contributed by atoms with Crippen LogP contribution in [0.2, 0.25) is 0 Å². The van der Waals surface area contributed by atoms with Gasteiger partial charge in [0, 0.05) is 19.3 Å². The predicted molar refractivity (Wildman–Crippen MR) is 113 cm³/mol. The van der Waals surface area contributed by atoms with Crippen LogP contribution in [0.3, 0.4) is 0 Å². The SMILES string of the molecule is CCNC(=NCc1ccc(CS(C)(=O)=O)cc1)NCCC(C)C.I. The first-order valence-electron chi connectivity index (χ1n) is 8.08. The Morgan fingerprint density at radius 2 is 1.71 bits per heavy atom. The summed E-state index contributed by atoms with van der Waals surface area (Å²) in [5.74, 6) is 1.55. The molecule has 0 atom stereocenters. The molecule has 0 saturated heterocycles. The summed E-state index contributed by atoms with van der Waals surface area (Å²) < 4.78 is 22.6. The molecule has 0 bridgehead atoms. The molecule has 24 heavy (non-hydrogen) atoms. The summed E-state index contributed by atoms with van der Waals surface area (Å²) in [4.78, 5) is 4.56. The summed E-state index contributed by atoms with van der Waals surface area (Å²) in [7, 11) is -2.99. The Morgan fingerprint density at radius 1 is 1.12 bits per heavy atom. The Balaban J connectivity index is 0.00000529. The second-order valence-electron chi connectivity index (χ2n) is 6.19. The van der Waals surface area contributed by atoms with Gasteiger partial charge in [0.05, 0.1) is 12.3 Å². The molecule has 0 fully saturated rings. The molecule has 1 aromatic carbocycles. The monoisotopic (exact) mass is 467 g/mol. The van der Waals surface area contributed by atoms with Crippen molar-refractivity contribution in [1.29, 1.82) is 0 Å². The number of benzene rings is 1. The number of hydrogen-bond acceptors (Lipinski definition) is 3. The number of hydrogen-bond donors (Lipinski definition) is 2. The molecule has 138 valence electrons. The first kappa shape index (κ1) is 23.2. The van der Waals surface area contributed by atoms with Crippen LogP contribution < -0.4 is 10.6 Å². The maximum Gasteiger partial charge on any atom is 0.191 e. The minimum atomic E-state index is -2.99. The van der Waals surface area contributed by atoms with Crippen LogP contribution in [-0.2, 0) is 22.1 Å². The normalized spacial score (nSPS) is 12.0. The van der Waals surface area contributed by atoms with Gasteiger partial charge in [0.1, 0.15) is 0 Å². The zero-order chi connectivity index (χ0) is 17.3. The highest BCUT2D eigenvalue weighted by Crippen LogP contribution is 2.08. The number of aliphatic imine (C=N–C) groups is 1. The topological polar surface area (TPSA) is 70.6 Å². The highest BCUT2D eigenvalue weighted by atomic mass is 127. The third-order valence-electron chi connectivity index (χ3n) is 3.23. The van der Waals surface area contributed by atoms with Crippen molar-refractivity contribution in [1.82, 2.24) is 10.6 Å². The Hall–Kier alpha value is -0.830. The van der Waals surface area contributed by atoms with E-state index in [1.807, 2.05) is 31.2 Å². The van der Waals surface area contributed by atoms with Crippen molar-refractivity contribution < 1.29 is 8.42 Å². The molecule has 0 amide bonds. The van der Waals surface area contributed by atoms with Crippen LogP contribution in [0.4, 0.5) is 0 Å². The molecule has 0 saturated carbocycles. The van der Waals surface area contributed by atoms with E-state index in [1.54, 1.807) is 0 Å². The van der Waals surface area contributed by atoms with E-state index >= 15 is 0 Å². The standard InChI is InChI=1S/C17H29N3O2S.HI/c1-5-18-17(19-11-10-14(2)3)20-12-15-6-8-16(9-7-15)13-23(4,21)22;/h6-9,14H,5,10-13H2,1-4H3,(H2,18,19,20);1H. The molecule has 7 heteroatoms.